The first-order valence-corrected chi connectivity index (χ1v) is 11.4. The topological polar surface area (TPSA) is 240 Å². The minimum absolute atomic E-state index is 0.161. The first kappa shape index (κ1) is 29.0. The van der Waals surface area contributed by atoms with Crippen LogP contribution in [0.15, 0.2) is 18.2 Å². The first-order valence-electron chi connectivity index (χ1n) is 11.4. The van der Waals surface area contributed by atoms with Crippen molar-refractivity contribution in [3.8, 4) is 5.75 Å². The van der Waals surface area contributed by atoms with Gasteiger partial charge in [0.1, 0.15) is 36.2 Å². The molecule has 0 amide bonds. The van der Waals surface area contributed by atoms with E-state index in [1.54, 1.807) is 14.0 Å². The summed E-state index contributed by atoms with van der Waals surface area (Å²) in [5.41, 5.74) is 5.73. The number of nitrogens with one attached hydrogen (secondary N) is 1. The lowest BCUT2D eigenvalue weighted by atomic mass is 9.86. The van der Waals surface area contributed by atoms with Gasteiger partial charge in [-0.05, 0) is 32.2 Å². The molecular formula is C22H32N2O13. The fourth-order valence-corrected chi connectivity index (χ4v) is 4.27. The van der Waals surface area contributed by atoms with Gasteiger partial charge in [-0.3, -0.25) is 0 Å². The van der Waals surface area contributed by atoms with E-state index in [9.17, 15) is 35.1 Å². The number of hydrogen-bond donors (Lipinski definition) is 8. The highest BCUT2D eigenvalue weighted by Gasteiger charge is 2.49. The van der Waals surface area contributed by atoms with Crippen molar-refractivity contribution >= 4 is 17.6 Å². The maximum absolute atomic E-state index is 12.5. The molecule has 2 saturated heterocycles. The maximum atomic E-state index is 12.5. The Kier molecular flexibility index (Phi) is 9.63. The lowest BCUT2D eigenvalue weighted by Crippen LogP contribution is -2.61. The van der Waals surface area contributed by atoms with E-state index >= 15 is 0 Å². The average Bonchev–Trinajstić information content (AvgIpc) is 2.85. The molecule has 3 rings (SSSR count). The summed E-state index contributed by atoms with van der Waals surface area (Å²) < 4.78 is 16.2. The molecule has 4 unspecified atom stereocenters. The third kappa shape index (κ3) is 6.46. The second-order valence-electron chi connectivity index (χ2n) is 8.84. The standard InChI is InChI=1S/C22H32N2O13/c1-8-14(24-2)15(26)11(6-34-37-22-18(29)16(27)17(28)19(36-22)20(30)31)13(35-8)7-33-21(32)10-5-9(23)3-4-12(10)25/h3-5,8,11,13-19,22,24-29H,6-7,23H2,1-2H3,(H,30,31)/t8-,11-,13?,14?,15-,16-,17+,18?,19?,22-/m0/s1. The predicted molar refractivity (Wildman–Crippen MR) is 121 cm³/mol. The number of phenols is 1. The predicted octanol–water partition coefficient (Wildman–Crippen LogP) is -2.68. The number of hydrogen-bond acceptors (Lipinski definition) is 14. The number of phenolic OH excluding ortho intramolecular Hbond substituents is 1. The minimum atomic E-state index is -1.91. The van der Waals surface area contributed by atoms with Gasteiger partial charge in [-0.25, -0.2) is 19.4 Å². The van der Waals surface area contributed by atoms with Gasteiger partial charge in [0, 0.05) is 11.6 Å². The summed E-state index contributed by atoms with van der Waals surface area (Å²) in [7, 11) is 1.61. The van der Waals surface area contributed by atoms with Crippen molar-refractivity contribution in [1.29, 1.82) is 0 Å². The molecule has 9 N–H and O–H groups in total. The van der Waals surface area contributed by atoms with Crippen LogP contribution >= 0.6 is 0 Å². The van der Waals surface area contributed by atoms with Crippen LogP contribution in [-0.2, 0) is 28.8 Å². The Balaban J connectivity index is 1.66. The summed E-state index contributed by atoms with van der Waals surface area (Å²) in [5, 5.41) is 62.6. The van der Waals surface area contributed by atoms with Crippen LogP contribution in [0, 0.1) is 5.92 Å². The molecule has 2 aliphatic heterocycles. The molecule has 2 heterocycles. The van der Waals surface area contributed by atoms with Crippen LogP contribution in [0.3, 0.4) is 0 Å². The van der Waals surface area contributed by atoms with E-state index in [-0.39, 0.29) is 23.6 Å². The Morgan fingerprint density at radius 2 is 1.76 bits per heavy atom. The molecule has 15 nitrogen and oxygen atoms in total. The quantitative estimate of drug-likeness (QED) is 0.0531. The lowest BCUT2D eigenvalue weighted by Gasteiger charge is -2.43. The second-order valence-corrected chi connectivity index (χ2v) is 8.84. The summed E-state index contributed by atoms with van der Waals surface area (Å²) in [5.74, 6) is -3.68. The van der Waals surface area contributed by atoms with Crippen LogP contribution in [0.1, 0.15) is 17.3 Å². The van der Waals surface area contributed by atoms with Gasteiger partial charge in [-0.2, -0.15) is 0 Å². The first-order chi connectivity index (χ1) is 17.5. The minimum Gasteiger partial charge on any atom is -0.507 e. The largest absolute Gasteiger partial charge is 0.507 e. The highest BCUT2D eigenvalue weighted by atomic mass is 17.2. The van der Waals surface area contributed by atoms with Crippen molar-refractivity contribution < 1.29 is 64.2 Å². The van der Waals surface area contributed by atoms with Gasteiger partial charge in [0.25, 0.3) is 0 Å². The number of aromatic hydroxyl groups is 1. The second kappa shape index (κ2) is 12.3. The molecule has 1 aromatic rings. The van der Waals surface area contributed by atoms with Crippen molar-refractivity contribution in [2.24, 2.45) is 5.92 Å². The molecular weight excluding hydrogens is 500 g/mol. The Hall–Kier alpha value is -2.60. The number of carboxylic acid groups (broad SMARTS) is 1. The number of nitrogens with two attached hydrogens (primary N) is 1. The number of likely N-dealkylation sites (N-methyl/N-ethyl adjacent to an activating group) is 1. The smallest absolute Gasteiger partial charge is 0.342 e. The number of rotatable bonds is 9. The van der Waals surface area contributed by atoms with Crippen LogP contribution in [0.5, 0.6) is 5.75 Å². The van der Waals surface area contributed by atoms with Crippen LogP contribution < -0.4 is 11.1 Å². The third-order valence-electron chi connectivity index (χ3n) is 6.37. The monoisotopic (exact) mass is 532 g/mol. The van der Waals surface area contributed by atoms with Gasteiger partial charge in [-0.15, -0.1) is 0 Å². The number of carbonyl (C=O) groups excluding carboxylic acids is 1. The van der Waals surface area contributed by atoms with Crippen LogP contribution in [0.4, 0.5) is 5.69 Å². The highest BCUT2D eigenvalue weighted by Crippen LogP contribution is 2.29. The van der Waals surface area contributed by atoms with E-state index < -0.39 is 79.5 Å². The van der Waals surface area contributed by atoms with Gasteiger partial charge in [0.15, 0.2) is 6.10 Å². The highest BCUT2D eigenvalue weighted by molar-refractivity contribution is 5.93. The molecule has 0 aromatic heterocycles. The zero-order chi connectivity index (χ0) is 27.4. The summed E-state index contributed by atoms with van der Waals surface area (Å²) >= 11 is 0. The van der Waals surface area contributed by atoms with Crippen LogP contribution in [-0.4, -0.2) is 118 Å². The zero-order valence-electron chi connectivity index (χ0n) is 20.0. The SMILES string of the molecule is CNC1[C@H](C)OC(COC(=O)c2cc(N)ccc2O)[C@H](COO[C@@H]2OC(C(=O)O)[C@H](O)[C@H](O)C2O)[C@@H]1O. The molecule has 0 bridgehead atoms. The fraction of sp³-hybridized carbons (Fsp3) is 0.636. The Morgan fingerprint density at radius 3 is 2.41 bits per heavy atom. The van der Waals surface area contributed by atoms with E-state index in [0.29, 0.717) is 0 Å². The number of carboxylic acids is 1. The fourth-order valence-electron chi connectivity index (χ4n) is 4.27. The Morgan fingerprint density at radius 1 is 1.05 bits per heavy atom. The molecule has 208 valence electrons. The third-order valence-corrected chi connectivity index (χ3v) is 6.37. The van der Waals surface area contributed by atoms with Crippen molar-refractivity contribution in [1.82, 2.24) is 5.32 Å². The van der Waals surface area contributed by atoms with E-state index in [4.69, 9.17) is 34.8 Å². The van der Waals surface area contributed by atoms with E-state index in [0.717, 1.165) is 0 Å². The molecule has 0 spiro atoms. The van der Waals surface area contributed by atoms with Crippen molar-refractivity contribution in [3.63, 3.8) is 0 Å². The number of nitrogen functional groups attached to an aromatic ring is 1. The van der Waals surface area contributed by atoms with Gasteiger partial charge < -0.3 is 55.9 Å². The molecule has 0 radical (unpaired) electrons. The number of aliphatic hydroxyl groups excluding tert-OH is 4. The summed E-state index contributed by atoms with van der Waals surface area (Å²) in [6.07, 6.45) is -11.8. The zero-order valence-corrected chi connectivity index (χ0v) is 20.0. The average molecular weight is 532 g/mol. The summed E-state index contributed by atoms with van der Waals surface area (Å²) in [4.78, 5) is 33.8. The lowest BCUT2D eigenvalue weighted by molar-refractivity contribution is -0.428. The molecule has 15 heteroatoms. The number of anilines is 1. The molecule has 10 atom stereocenters. The number of carbonyl (C=O) groups is 2. The number of ether oxygens (including phenoxy) is 3. The normalized spacial score (nSPS) is 36.2. The molecule has 0 aliphatic carbocycles. The maximum Gasteiger partial charge on any atom is 0.342 e. The van der Waals surface area contributed by atoms with Gasteiger partial charge in [0.2, 0.25) is 6.29 Å². The van der Waals surface area contributed by atoms with Gasteiger partial charge >= 0.3 is 11.9 Å². The number of esters is 1. The summed E-state index contributed by atoms with van der Waals surface area (Å²) in [6, 6.07) is 3.34. The molecule has 2 aliphatic rings. The Labute approximate surface area is 211 Å². The molecule has 37 heavy (non-hydrogen) atoms. The Bertz CT molecular complexity index is 949. The van der Waals surface area contributed by atoms with Crippen molar-refractivity contribution in [2.75, 3.05) is 26.0 Å². The molecule has 1 aromatic carbocycles. The van der Waals surface area contributed by atoms with Gasteiger partial charge in [0.05, 0.1) is 31.0 Å². The number of aliphatic hydroxyl groups is 4. The molecule has 0 saturated carbocycles. The van der Waals surface area contributed by atoms with Crippen molar-refractivity contribution in [2.45, 2.75) is 62.0 Å². The molecule has 2 fully saturated rings. The number of benzene rings is 1. The van der Waals surface area contributed by atoms with E-state index in [1.807, 2.05) is 0 Å². The van der Waals surface area contributed by atoms with Crippen molar-refractivity contribution in [3.05, 3.63) is 23.8 Å². The van der Waals surface area contributed by atoms with E-state index in [1.165, 1.54) is 18.2 Å². The van der Waals surface area contributed by atoms with Gasteiger partial charge in [-0.1, -0.05) is 0 Å². The van der Waals surface area contributed by atoms with E-state index in [2.05, 4.69) is 5.32 Å². The van der Waals surface area contributed by atoms with Crippen LogP contribution in [0.25, 0.3) is 0 Å². The van der Waals surface area contributed by atoms with Crippen LogP contribution in [0.2, 0.25) is 0 Å². The summed E-state index contributed by atoms with van der Waals surface area (Å²) in [6.45, 7) is 0.940. The number of aliphatic carboxylic acids is 1.